The third kappa shape index (κ3) is 2.36. The molecule has 1 nitrogen and oxygen atoms in total. The van der Waals surface area contributed by atoms with Crippen LogP contribution in [0.1, 0.15) is 21.5 Å². The van der Waals surface area contributed by atoms with Crippen LogP contribution in [0.25, 0.3) is 0 Å². The fraction of sp³-hybridized carbons (Fsp3) is 0.0714. The van der Waals surface area contributed by atoms with Gasteiger partial charge in [-0.25, -0.2) is 17.6 Å². The molecule has 0 bridgehead atoms. The smallest absolute Gasteiger partial charge is 0.196 e. The van der Waals surface area contributed by atoms with Gasteiger partial charge in [0, 0.05) is 5.56 Å². The third-order valence-electron chi connectivity index (χ3n) is 2.72. The maximum atomic E-state index is 13.5. The van der Waals surface area contributed by atoms with E-state index in [1.165, 1.54) is 13.0 Å². The molecule has 19 heavy (non-hydrogen) atoms. The summed E-state index contributed by atoms with van der Waals surface area (Å²) in [5.41, 5.74) is -0.312. The number of hydrogen-bond donors (Lipinski definition) is 0. The molecule has 0 aliphatic rings. The van der Waals surface area contributed by atoms with E-state index in [-0.39, 0.29) is 5.56 Å². The molecule has 0 atom stereocenters. The van der Waals surface area contributed by atoms with Crippen LogP contribution < -0.4 is 0 Å². The van der Waals surface area contributed by atoms with Gasteiger partial charge in [0.1, 0.15) is 5.82 Å². The van der Waals surface area contributed by atoms with E-state index in [1.54, 1.807) is 0 Å². The maximum absolute atomic E-state index is 13.5. The summed E-state index contributed by atoms with van der Waals surface area (Å²) in [5, 5.41) is 0. The van der Waals surface area contributed by atoms with Crippen LogP contribution in [0.4, 0.5) is 17.6 Å². The standard InChI is InChI=1S/C14H8F4O/c1-7-2-3-8(15)6-10(7)14(19)9-4-5-11(16)13(18)12(9)17/h2-6H,1H3. The first-order valence-electron chi connectivity index (χ1n) is 5.36. The fourth-order valence-electron chi connectivity index (χ4n) is 1.69. The second-order valence-electron chi connectivity index (χ2n) is 4.01. The average Bonchev–Trinajstić information content (AvgIpc) is 2.38. The van der Waals surface area contributed by atoms with Gasteiger partial charge >= 0.3 is 0 Å². The lowest BCUT2D eigenvalue weighted by molar-refractivity contribution is 0.103. The SMILES string of the molecule is Cc1ccc(F)cc1C(=O)c1ccc(F)c(F)c1F. The Morgan fingerprint density at radius 3 is 2.26 bits per heavy atom. The minimum atomic E-state index is -1.72. The molecule has 0 amide bonds. The van der Waals surface area contributed by atoms with Gasteiger partial charge in [0.2, 0.25) is 0 Å². The summed E-state index contributed by atoms with van der Waals surface area (Å²) >= 11 is 0. The van der Waals surface area contributed by atoms with Crippen molar-refractivity contribution in [1.29, 1.82) is 0 Å². The van der Waals surface area contributed by atoms with Crippen LogP contribution >= 0.6 is 0 Å². The number of ketones is 1. The normalized spacial score (nSPS) is 10.6. The van der Waals surface area contributed by atoms with E-state index in [9.17, 15) is 22.4 Å². The minimum Gasteiger partial charge on any atom is -0.288 e. The second-order valence-corrected chi connectivity index (χ2v) is 4.01. The molecule has 5 heteroatoms. The molecule has 2 rings (SSSR count). The number of benzene rings is 2. The Hall–Kier alpha value is -2.17. The van der Waals surface area contributed by atoms with E-state index in [4.69, 9.17) is 0 Å². The summed E-state index contributed by atoms with van der Waals surface area (Å²) < 4.78 is 52.4. The van der Waals surface area contributed by atoms with Gasteiger partial charge in [0.25, 0.3) is 0 Å². The molecule has 0 spiro atoms. The molecule has 2 aromatic rings. The van der Waals surface area contributed by atoms with Crippen molar-refractivity contribution in [3.8, 4) is 0 Å². The summed E-state index contributed by atoms with van der Waals surface area (Å²) in [6.07, 6.45) is 0. The Morgan fingerprint density at radius 1 is 0.895 bits per heavy atom. The zero-order valence-corrected chi connectivity index (χ0v) is 9.81. The molecule has 0 aliphatic carbocycles. The van der Waals surface area contributed by atoms with E-state index in [0.29, 0.717) is 11.6 Å². The first-order chi connectivity index (χ1) is 8.91. The molecule has 0 aliphatic heterocycles. The molecule has 0 N–H and O–H groups in total. The van der Waals surface area contributed by atoms with Crippen LogP contribution in [0, 0.1) is 30.2 Å². The van der Waals surface area contributed by atoms with Gasteiger partial charge in [0.15, 0.2) is 23.2 Å². The maximum Gasteiger partial charge on any atom is 0.196 e. The molecule has 0 saturated heterocycles. The van der Waals surface area contributed by atoms with Crippen LogP contribution in [-0.2, 0) is 0 Å². The lowest BCUT2D eigenvalue weighted by Crippen LogP contribution is -2.09. The topological polar surface area (TPSA) is 17.1 Å². The first kappa shape index (κ1) is 13.3. The molecule has 0 radical (unpaired) electrons. The summed E-state index contributed by atoms with van der Waals surface area (Å²) in [7, 11) is 0. The highest BCUT2D eigenvalue weighted by molar-refractivity contribution is 6.10. The Labute approximate surface area is 106 Å². The number of carbonyl (C=O) groups is 1. The average molecular weight is 268 g/mol. The zero-order chi connectivity index (χ0) is 14.2. The monoisotopic (exact) mass is 268 g/mol. The van der Waals surface area contributed by atoms with Crippen LogP contribution in [-0.4, -0.2) is 5.78 Å². The van der Waals surface area contributed by atoms with E-state index in [0.717, 1.165) is 18.2 Å². The van der Waals surface area contributed by atoms with Gasteiger partial charge in [-0.15, -0.1) is 0 Å². The fourth-order valence-corrected chi connectivity index (χ4v) is 1.69. The van der Waals surface area contributed by atoms with Gasteiger partial charge in [0.05, 0.1) is 5.56 Å². The molecule has 0 saturated carbocycles. The molecule has 0 fully saturated rings. The molecule has 0 heterocycles. The quantitative estimate of drug-likeness (QED) is 0.460. The van der Waals surface area contributed by atoms with Crippen molar-refractivity contribution in [3.05, 3.63) is 70.3 Å². The highest BCUT2D eigenvalue weighted by Crippen LogP contribution is 2.20. The lowest BCUT2D eigenvalue weighted by atomic mass is 9.98. The van der Waals surface area contributed by atoms with Crippen molar-refractivity contribution in [3.63, 3.8) is 0 Å². The number of halogens is 4. The Kier molecular flexibility index (Phi) is 3.38. The van der Waals surface area contributed by atoms with Crippen molar-refractivity contribution in [2.75, 3.05) is 0 Å². The third-order valence-corrected chi connectivity index (χ3v) is 2.72. The van der Waals surface area contributed by atoms with Crippen molar-refractivity contribution >= 4 is 5.78 Å². The highest BCUT2D eigenvalue weighted by Gasteiger charge is 2.21. The van der Waals surface area contributed by atoms with Crippen LogP contribution in [0.5, 0.6) is 0 Å². The number of rotatable bonds is 2. The minimum absolute atomic E-state index is 0.0927. The molecular formula is C14H8F4O. The van der Waals surface area contributed by atoms with Crippen molar-refractivity contribution in [2.45, 2.75) is 6.92 Å². The van der Waals surface area contributed by atoms with E-state index in [2.05, 4.69) is 0 Å². The predicted molar refractivity (Wildman–Crippen MR) is 60.9 cm³/mol. The molecule has 98 valence electrons. The lowest BCUT2D eigenvalue weighted by Gasteiger charge is -2.07. The van der Waals surface area contributed by atoms with E-state index >= 15 is 0 Å². The molecule has 2 aromatic carbocycles. The molecule has 0 unspecified atom stereocenters. The van der Waals surface area contributed by atoms with Gasteiger partial charge in [-0.1, -0.05) is 6.07 Å². The van der Waals surface area contributed by atoms with Crippen molar-refractivity contribution in [2.24, 2.45) is 0 Å². The summed E-state index contributed by atoms with van der Waals surface area (Å²) in [5.74, 6) is -6.25. The molecular weight excluding hydrogens is 260 g/mol. The second kappa shape index (κ2) is 4.84. The van der Waals surface area contributed by atoms with Gasteiger partial charge in [-0.3, -0.25) is 4.79 Å². The Morgan fingerprint density at radius 2 is 1.58 bits per heavy atom. The summed E-state index contributed by atoms with van der Waals surface area (Å²) in [6.45, 7) is 1.53. The molecule has 0 aromatic heterocycles. The van der Waals surface area contributed by atoms with Crippen LogP contribution in [0.15, 0.2) is 30.3 Å². The van der Waals surface area contributed by atoms with Crippen LogP contribution in [0.2, 0.25) is 0 Å². The number of aryl methyl sites for hydroxylation is 1. The van der Waals surface area contributed by atoms with Gasteiger partial charge in [-0.2, -0.15) is 0 Å². The van der Waals surface area contributed by atoms with E-state index in [1.807, 2.05) is 0 Å². The predicted octanol–water partition coefficient (Wildman–Crippen LogP) is 3.78. The van der Waals surface area contributed by atoms with Gasteiger partial charge in [-0.05, 0) is 36.8 Å². The number of carbonyl (C=O) groups excluding carboxylic acids is 1. The van der Waals surface area contributed by atoms with E-state index < -0.39 is 34.6 Å². The van der Waals surface area contributed by atoms with Gasteiger partial charge < -0.3 is 0 Å². The van der Waals surface area contributed by atoms with Crippen molar-refractivity contribution < 1.29 is 22.4 Å². The summed E-state index contributed by atoms with van der Waals surface area (Å²) in [6, 6.07) is 4.91. The number of hydrogen-bond acceptors (Lipinski definition) is 1. The zero-order valence-electron chi connectivity index (χ0n) is 9.81. The Bertz CT molecular complexity index is 665. The summed E-state index contributed by atoms with van der Waals surface area (Å²) in [4.78, 5) is 12.0. The Balaban J connectivity index is 2.56. The first-order valence-corrected chi connectivity index (χ1v) is 5.36. The van der Waals surface area contributed by atoms with Crippen LogP contribution in [0.3, 0.4) is 0 Å². The van der Waals surface area contributed by atoms with Crippen molar-refractivity contribution in [1.82, 2.24) is 0 Å². The largest absolute Gasteiger partial charge is 0.288 e. The highest BCUT2D eigenvalue weighted by atomic mass is 19.2.